The van der Waals surface area contributed by atoms with Gasteiger partial charge in [0.25, 0.3) is 0 Å². The molecular weight excluding hydrogens is 266 g/mol. The van der Waals surface area contributed by atoms with Crippen molar-refractivity contribution < 1.29 is 0 Å². The van der Waals surface area contributed by atoms with Gasteiger partial charge in [-0.1, -0.05) is 6.58 Å². The molecule has 100 valence electrons. The summed E-state index contributed by atoms with van der Waals surface area (Å²) in [5.41, 5.74) is 5.10. The summed E-state index contributed by atoms with van der Waals surface area (Å²) in [5, 5.41) is 11.6. The molecule has 0 amide bonds. The number of aromatic nitrogens is 1. The Bertz CT molecular complexity index is 848. The maximum absolute atomic E-state index is 7.91. The van der Waals surface area contributed by atoms with E-state index in [4.69, 9.17) is 10.4 Å². The van der Waals surface area contributed by atoms with Gasteiger partial charge in [0.2, 0.25) is 0 Å². The molecule has 2 aliphatic rings. The van der Waals surface area contributed by atoms with Crippen LogP contribution in [0, 0.1) is 19.3 Å². The second-order valence-electron chi connectivity index (χ2n) is 4.83. The van der Waals surface area contributed by atoms with Crippen molar-refractivity contribution in [3.8, 4) is 10.6 Å². The lowest BCUT2D eigenvalue weighted by atomic mass is 10.1. The normalized spacial score (nSPS) is 10.9. The molecule has 20 heavy (non-hydrogen) atoms. The molecule has 1 heterocycles. The summed E-state index contributed by atoms with van der Waals surface area (Å²) in [6.07, 6.45) is 1.68. The summed E-state index contributed by atoms with van der Waals surface area (Å²) in [6.45, 7) is 7.70. The molecule has 2 N–H and O–H groups in total. The van der Waals surface area contributed by atoms with Crippen LogP contribution in [-0.2, 0) is 0 Å². The number of aryl methyl sites for hydroxylation is 2. The number of benzene rings is 2. The van der Waals surface area contributed by atoms with Crippen LogP contribution in [0.25, 0.3) is 20.8 Å². The predicted molar refractivity (Wildman–Crippen MR) is 85.4 cm³/mol. The van der Waals surface area contributed by atoms with Crippen LogP contribution in [-0.4, -0.2) is 4.98 Å². The molecule has 1 aromatic carbocycles. The van der Waals surface area contributed by atoms with Gasteiger partial charge < -0.3 is 10.7 Å². The molecule has 0 unspecified atom stereocenters. The van der Waals surface area contributed by atoms with Crippen LogP contribution in [0.2, 0.25) is 0 Å². The van der Waals surface area contributed by atoms with Crippen molar-refractivity contribution in [1.82, 2.24) is 4.98 Å². The van der Waals surface area contributed by atoms with Gasteiger partial charge in [-0.05, 0) is 55.4 Å². The molecular formula is C16H15N3S. The van der Waals surface area contributed by atoms with Gasteiger partial charge in [0, 0.05) is 5.69 Å². The quantitative estimate of drug-likeness (QED) is 0.696. The zero-order valence-corrected chi connectivity index (χ0v) is 12.3. The first-order chi connectivity index (χ1) is 9.58. The van der Waals surface area contributed by atoms with Crippen molar-refractivity contribution in [1.29, 1.82) is 5.41 Å². The summed E-state index contributed by atoms with van der Waals surface area (Å²) >= 11 is 1.67. The lowest BCUT2D eigenvalue weighted by molar-refractivity contribution is 1.20. The molecule has 1 aromatic rings. The molecule has 3 rings (SSSR count). The number of fused-ring (bicyclic) bond motifs is 2. The van der Waals surface area contributed by atoms with E-state index in [-0.39, 0.29) is 0 Å². The van der Waals surface area contributed by atoms with Crippen LogP contribution in [0.3, 0.4) is 0 Å². The lowest BCUT2D eigenvalue weighted by Crippen LogP contribution is -2.05. The van der Waals surface area contributed by atoms with Crippen LogP contribution >= 0.6 is 11.3 Å². The number of rotatable bonds is 2. The molecule has 4 heteroatoms. The van der Waals surface area contributed by atoms with E-state index in [2.05, 4.69) is 31.0 Å². The molecule has 1 aliphatic heterocycles. The Balaban J connectivity index is 2.34. The van der Waals surface area contributed by atoms with Gasteiger partial charge in [-0.3, -0.25) is 0 Å². The maximum Gasteiger partial charge on any atom is 0.0813 e. The van der Waals surface area contributed by atoms with Gasteiger partial charge in [-0.15, -0.1) is 11.3 Å². The Morgan fingerprint density at radius 3 is 2.75 bits per heavy atom. The highest BCUT2D eigenvalue weighted by molar-refractivity contribution is 7.21. The van der Waals surface area contributed by atoms with E-state index in [1.54, 1.807) is 17.5 Å². The van der Waals surface area contributed by atoms with Crippen molar-refractivity contribution in [3.05, 3.63) is 53.5 Å². The van der Waals surface area contributed by atoms with Gasteiger partial charge in [0.15, 0.2) is 0 Å². The van der Waals surface area contributed by atoms with Crippen LogP contribution in [0.4, 0.5) is 5.69 Å². The molecule has 1 aliphatic carbocycles. The van der Waals surface area contributed by atoms with Gasteiger partial charge in [-0.25, -0.2) is 4.98 Å². The molecule has 0 saturated heterocycles. The van der Waals surface area contributed by atoms with Crippen LogP contribution < -0.4 is 10.7 Å². The fraction of sp³-hybridized carbons (Fsp3) is 0.125. The van der Waals surface area contributed by atoms with Gasteiger partial charge >= 0.3 is 0 Å². The summed E-state index contributed by atoms with van der Waals surface area (Å²) in [5.74, 6) is 0. The first-order valence-electron chi connectivity index (χ1n) is 6.36. The highest BCUT2D eigenvalue weighted by Gasteiger charge is 2.10. The fourth-order valence-corrected chi connectivity index (χ4v) is 3.21. The minimum atomic E-state index is 0.562. The highest BCUT2D eigenvalue weighted by atomic mass is 32.1. The minimum absolute atomic E-state index is 0.562. The van der Waals surface area contributed by atoms with E-state index in [0.29, 0.717) is 5.36 Å². The zero-order chi connectivity index (χ0) is 14.3. The molecule has 0 spiro atoms. The number of nitrogens with one attached hydrogen (secondary N) is 2. The van der Waals surface area contributed by atoms with Crippen molar-refractivity contribution in [2.75, 3.05) is 5.32 Å². The van der Waals surface area contributed by atoms with Crippen molar-refractivity contribution in [2.45, 2.75) is 13.8 Å². The Kier molecular flexibility index (Phi) is 3.03. The molecule has 0 aromatic heterocycles. The second-order valence-corrected chi connectivity index (χ2v) is 5.92. The van der Waals surface area contributed by atoms with Crippen molar-refractivity contribution in [2.24, 2.45) is 0 Å². The molecule has 0 radical (unpaired) electrons. The first-order valence-corrected chi connectivity index (χ1v) is 7.18. The molecule has 0 fully saturated rings. The van der Waals surface area contributed by atoms with E-state index < -0.39 is 0 Å². The smallest absolute Gasteiger partial charge is 0.0813 e. The number of hydrogen-bond acceptors (Lipinski definition) is 4. The third-order valence-corrected chi connectivity index (χ3v) is 4.42. The summed E-state index contributed by atoms with van der Waals surface area (Å²) < 4.78 is 1.11. The zero-order valence-electron chi connectivity index (χ0n) is 11.4. The van der Waals surface area contributed by atoms with E-state index in [0.717, 1.165) is 37.6 Å². The minimum Gasteiger partial charge on any atom is -0.362 e. The monoisotopic (exact) mass is 281 g/mol. The van der Waals surface area contributed by atoms with E-state index in [1.807, 2.05) is 19.1 Å². The maximum atomic E-state index is 7.91. The van der Waals surface area contributed by atoms with E-state index in [1.165, 1.54) is 0 Å². The number of nitrogens with zero attached hydrogens (tertiary/aromatic N) is 1. The van der Waals surface area contributed by atoms with Crippen LogP contribution in [0.1, 0.15) is 11.1 Å². The summed E-state index contributed by atoms with van der Waals surface area (Å²) in [6, 6.07) is 8.05. The van der Waals surface area contributed by atoms with Crippen LogP contribution in [0.15, 0.2) is 37.0 Å². The summed E-state index contributed by atoms with van der Waals surface area (Å²) in [4.78, 5) is 5.76. The van der Waals surface area contributed by atoms with E-state index >= 15 is 0 Å². The number of hydrogen-bond donors (Lipinski definition) is 2. The predicted octanol–water partition coefficient (Wildman–Crippen LogP) is 4.05. The molecule has 0 bridgehead atoms. The fourth-order valence-electron chi connectivity index (χ4n) is 2.20. The molecule has 0 saturated carbocycles. The lowest BCUT2D eigenvalue weighted by Gasteiger charge is -2.10. The number of anilines is 1. The first kappa shape index (κ1) is 12.8. The molecule has 3 nitrogen and oxygen atoms in total. The third-order valence-electron chi connectivity index (χ3n) is 3.33. The highest BCUT2D eigenvalue weighted by Crippen LogP contribution is 2.32. The molecule has 0 atom stereocenters. The largest absolute Gasteiger partial charge is 0.362 e. The Labute approximate surface area is 121 Å². The Morgan fingerprint density at radius 2 is 2.00 bits per heavy atom. The van der Waals surface area contributed by atoms with Crippen molar-refractivity contribution in [3.63, 3.8) is 0 Å². The SMILES string of the molecule is C=CNc1cc2sc3cc(=N)c(C)cc-3nc2cc1C. The van der Waals surface area contributed by atoms with E-state index in [9.17, 15) is 0 Å². The Hall–Kier alpha value is -2.20. The van der Waals surface area contributed by atoms with Gasteiger partial charge in [-0.2, -0.15) is 0 Å². The van der Waals surface area contributed by atoms with Crippen molar-refractivity contribution >= 4 is 27.2 Å². The topological polar surface area (TPSA) is 48.8 Å². The average Bonchev–Trinajstić information content (AvgIpc) is 2.40. The Morgan fingerprint density at radius 1 is 1.20 bits per heavy atom. The average molecular weight is 281 g/mol. The van der Waals surface area contributed by atoms with Gasteiger partial charge in [0.05, 0.1) is 26.1 Å². The van der Waals surface area contributed by atoms with Crippen LogP contribution in [0.5, 0.6) is 0 Å². The van der Waals surface area contributed by atoms with Gasteiger partial charge in [0.1, 0.15) is 0 Å². The standard InChI is InChI=1S/C16H15N3S/c1-4-18-12-8-16-14(6-10(12)3)19-13-5-9(2)11(17)7-15(13)20-16/h4-8,17-18H,1H2,2-3H3. The summed E-state index contributed by atoms with van der Waals surface area (Å²) in [7, 11) is 0. The third kappa shape index (κ3) is 2.08. The second kappa shape index (κ2) is 4.72.